The summed E-state index contributed by atoms with van der Waals surface area (Å²) >= 11 is 0. The highest BCUT2D eigenvalue weighted by molar-refractivity contribution is 5.89. The highest BCUT2D eigenvalue weighted by Crippen LogP contribution is 2.32. The maximum atomic E-state index is 6.09. The molecule has 19 heavy (non-hydrogen) atoms. The number of hydrogen-bond acceptors (Lipinski definition) is 2. The Balaban J connectivity index is 1.93. The Bertz CT molecular complexity index is 949. The molecular formula is C15H10N3O+. The van der Waals surface area contributed by atoms with Crippen LogP contribution in [0.4, 0.5) is 0 Å². The molecule has 0 bridgehead atoms. The van der Waals surface area contributed by atoms with Crippen molar-refractivity contribution in [3.63, 3.8) is 0 Å². The summed E-state index contributed by atoms with van der Waals surface area (Å²) in [5, 5.41) is 0. The fourth-order valence-corrected chi connectivity index (χ4v) is 2.92. The van der Waals surface area contributed by atoms with Crippen LogP contribution < -0.4 is 4.57 Å². The van der Waals surface area contributed by atoms with Gasteiger partial charge in [-0.3, -0.25) is 4.98 Å². The normalized spacial score (nSPS) is 13.1. The van der Waals surface area contributed by atoms with Crippen molar-refractivity contribution in [1.29, 1.82) is 0 Å². The molecule has 1 aliphatic rings. The number of fused-ring (bicyclic) bond motifs is 7. The largest absolute Gasteiger partial charge is 0.395 e. The monoisotopic (exact) mass is 248 g/mol. The standard InChI is InChI=1S/C15H10N3O/c1-2-6-17-9-13-14(12(17)3-1)19-15-11-7-16-5-4-10(11)8-18(13)15/h1-7,9H,8H2/q+1. The minimum atomic E-state index is 0.858. The summed E-state index contributed by atoms with van der Waals surface area (Å²) in [4.78, 5) is 4.19. The van der Waals surface area contributed by atoms with E-state index in [4.69, 9.17) is 4.42 Å². The van der Waals surface area contributed by atoms with Crippen molar-refractivity contribution < 1.29 is 8.98 Å². The van der Waals surface area contributed by atoms with Crippen molar-refractivity contribution in [3.8, 4) is 11.5 Å². The van der Waals surface area contributed by atoms with Crippen LogP contribution in [0, 0.1) is 0 Å². The second kappa shape index (κ2) is 3.03. The van der Waals surface area contributed by atoms with Gasteiger partial charge >= 0.3 is 5.89 Å². The lowest BCUT2D eigenvalue weighted by Crippen LogP contribution is -2.30. The van der Waals surface area contributed by atoms with Crippen LogP contribution in [0.25, 0.3) is 28.1 Å². The lowest BCUT2D eigenvalue weighted by atomic mass is 10.2. The third-order valence-corrected chi connectivity index (χ3v) is 3.82. The first-order valence-electron chi connectivity index (χ1n) is 6.27. The maximum Gasteiger partial charge on any atom is 0.384 e. The van der Waals surface area contributed by atoms with Crippen LogP contribution in [0.5, 0.6) is 0 Å². The van der Waals surface area contributed by atoms with Crippen LogP contribution in [0.2, 0.25) is 0 Å². The van der Waals surface area contributed by atoms with Crippen molar-refractivity contribution in [3.05, 3.63) is 54.6 Å². The van der Waals surface area contributed by atoms with Crippen molar-refractivity contribution in [2.45, 2.75) is 6.54 Å². The van der Waals surface area contributed by atoms with Crippen LogP contribution in [0.15, 0.2) is 53.5 Å². The minimum Gasteiger partial charge on any atom is -0.395 e. The number of nitrogens with zero attached hydrogens (tertiary/aromatic N) is 3. The van der Waals surface area contributed by atoms with E-state index in [-0.39, 0.29) is 0 Å². The zero-order valence-electron chi connectivity index (χ0n) is 10.1. The molecule has 4 nitrogen and oxygen atoms in total. The van der Waals surface area contributed by atoms with Gasteiger partial charge in [0, 0.05) is 24.2 Å². The van der Waals surface area contributed by atoms with Gasteiger partial charge in [-0.25, -0.2) is 0 Å². The number of pyridine rings is 2. The Morgan fingerprint density at radius 1 is 1.26 bits per heavy atom. The summed E-state index contributed by atoms with van der Waals surface area (Å²) < 4.78 is 10.4. The molecule has 0 saturated heterocycles. The van der Waals surface area contributed by atoms with E-state index in [1.165, 1.54) is 5.56 Å². The van der Waals surface area contributed by atoms with E-state index >= 15 is 0 Å². The van der Waals surface area contributed by atoms with Crippen molar-refractivity contribution in [2.75, 3.05) is 0 Å². The van der Waals surface area contributed by atoms with Gasteiger partial charge in [-0.1, -0.05) is 6.07 Å². The van der Waals surface area contributed by atoms with Crippen molar-refractivity contribution in [2.24, 2.45) is 0 Å². The van der Waals surface area contributed by atoms with Gasteiger partial charge in [-0.15, -0.1) is 0 Å². The molecule has 0 unspecified atom stereocenters. The Morgan fingerprint density at radius 3 is 3.26 bits per heavy atom. The predicted octanol–water partition coefficient (Wildman–Crippen LogP) is 2.40. The second-order valence-corrected chi connectivity index (χ2v) is 4.86. The molecule has 0 aliphatic carbocycles. The number of oxazole rings is 1. The molecule has 0 N–H and O–H groups in total. The molecule has 0 radical (unpaired) electrons. The molecule has 5 heterocycles. The van der Waals surface area contributed by atoms with E-state index < -0.39 is 0 Å². The fraction of sp³-hybridized carbons (Fsp3) is 0.0667. The van der Waals surface area contributed by atoms with E-state index in [0.29, 0.717) is 0 Å². The van der Waals surface area contributed by atoms with E-state index in [1.54, 1.807) is 0 Å². The predicted molar refractivity (Wildman–Crippen MR) is 69.7 cm³/mol. The highest BCUT2D eigenvalue weighted by atomic mass is 16.4. The van der Waals surface area contributed by atoms with E-state index in [1.807, 2.05) is 30.7 Å². The first-order chi connectivity index (χ1) is 9.42. The minimum absolute atomic E-state index is 0.858. The quantitative estimate of drug-likeness (QED) is 0.394. The summed E-state index contributed by atoms with van der Waals surface area (Å²) in [7, 11) is 0. The maximum absolute atomic E-state index is 6.09. The molecule has 1 aliphatic heterocycles. The summed E-state index contributed by atoms with van der Waals surface area (Å²) in [6.07, 6.45) is 7.88. The average molecular weight is 248 g/mol. The second-order valence-electron chi connectivity index (χ2n) is 4.86. The van der Waals surface area contributed by atoms with Crippen LogP contribution in [0.3, 0.4) is 0 Å². The van der Waals surface area contributed by atoms with Gasteiger partial charge in [0.2, 0.25) is 5.58 Å². The number of hydrogen-bond donors (Lipinski definition) is 0. The van der Waals surface area contributed by atoms with Crippen LogP contribution >= 0.6 is 0 Å². The summed E-state index contributed by atoms with van der Waals surface area (Å²) in [6.45, 7) is 0.858. The molecule has 4 aromatic rings. The molecule has 90 valence electrons. The van der Waals surface area contributed by atoms with E-state index in [9.17, 15) is 0 Å². The van der Waals surface area contributed by atoms with Crippen molar-refractivity contribution in [1.82, 2.24) is 9.38 Å². The van der Waals surface area contributed by atoms with Gasteiger partial charge in [-0.05, 0) is 18.2 Å². The molecule has 4 heteroatoms. The first kappa shape index (κ1) is 9.33. The fourth-order valence-electron chi connectivity index (χ4n) is 2.92. The Kier molecular flexibility index (Phi) is 1.49. The Labute approximate surface area is 108 Å². The van der Waals surface area contributed by atoms with Gasteiger partial charge in [0.15, 0.2) is 6.54 Å². The van der Waals surface area contributed by atoms with Gasteiger partial charge in [-0.2, -0.15) is 4.57 Å². The smallest absolute Gasteiger partial charge is 0.384 e. The molecule has 0 spiro atoms. The van der Waals surface area contributed by atoms with Crippen LogP contribution in [0.1, 0.15) is 5.56 Å². The molecule has 0 amide bonds. The number of rotatable bonds is 0. The van der Waals surface area contributed by atoms with Gasteiger partial charge in [0.1, 0.15) is 5.56 Å². The topological polar surface area (TPSA) is 34.3 Å². The Morgan fingerprint density at radius 2 is 2.26 bits per heavy atom. The third kappa shape index (κ3) is 1.04. The van der Waals surface area contributed by atoms with Gasteiger partial charge < -0.3 is 8.82 Å². The molecule has 0 saturated carbocycles. The van der Waals surface area contributed by atoms with Crippen molar-refractivity contribution >= 4 is 16.6 Å². The molecule has 5 rings (SSSR count). The zero-order valence-corrected chi connectivity index (χ0v) is 10.1. The summed E-state index contributed by atoms with van der Waals surface area (Å²) in [5.74, 6) is 0.916. The highest BCUT2D eigenvalue weighted by Gasteiger charge is 2.35. The van der Waals surface area contributed by atoms with E-state index in [2.05, 4.69) is 32.3 Å². The lowest BCUT2D eigenvalue weighted by molar-refractivity contribution is -0.649. The zero-order chi connectivity index (χ0) is 12.4. The third-order valence-electron chi connectivity index (χ3n) is 3.82. The number of aromatic nitrogens is 3. The van der Waals surface area contributed by atoms with Gasteiger partial charge in [0.05, 0.1) is 11.7 Å². The van der Waals surface area contributed by atoms with Crippen LogP contribution in [-0.2, 0) is 6.54 Å². The summed E-state index contributed by atoms with van der Waals surface area (Å²) in [5.41, 5.74) is 5.56. The molecule has 0 aromatic carbocycles. The first-order valence-corrected chi connectivity index (χ1v) is 6.27. The lowest BCUT2D eigenvalue weighted by Gasteiger charge is -1.90. The molecule has 0 atom stereocenters. The summed E-state index contributed by atoms with van der Waals surface area (Å²) in [6, 6.07) is 8.18. The molecule has 4 aromatic heterocycles. The Hall–Kier alpha value is -2.62. The molecular weight excluding hydrogens is 238 g/mol. The molecule has 0 fully saturated rings. The van der Waals surface area contributed by atoms with Crippen LogP contribution in [-0.4, -0.2) is 9.38 Å². The van der Waals surface area contributed by atoms with E-state index in [0.717, 1.165) is 34.6 Å². The average Bonchev–Trinajstić information content (AvgIpc) is 3.07. The SMILES string of the molecule is c1ccn2cc3c(oc4[n+]3Cc3ccncc3-4)c2c1. The van der Waals surface area contributed by atoms with Gasteiger partial charge in [0.25, 0.3) is 5.52 Å².